The summed E-state index contributed by atoms with van der Waals surface area (Å²) >= 11 is 1.57. The molecule has 20 heavy (non-hydrogen) atoms. The van der Waals surface area contributed by atoms with E-state index in [-0.39, 0.29) is 5.78 Å². The van der Waals surface area contributed by atoms with Gasteiger partial charge in [0.05, 0.1) is 11.9 Å². The van der Waals surface area contributed by atoms with E-state index >= 15 is 0 Å². The molecule has 0 atom stereocenters. The number of hydrogen-bond acceptors (Lipinski definition) is 3. The molecular weight excluding hydrogens is 268 g/mol. The van der Waals surface area contributed by atoms with Gasteiger partial charge in [-0.05, 0) is 37.1 Å². The van der Waals surface area contributed by atoms with Crippen LogP contribution in [0.3, 0.4) is 0 Å². The third-order valence-electron chi connectivity index (χ3n) is 3.10. The molecule has 0 spiro atoms. The van der Waals surface area contributed by atoms with Crippen molar-refractivity contribution in [1.29, 1.82) is 0 Å². The molecule has 2 aromatic rings. The Balaban J connectivity index is 1.61. The summed E-state index contributed by atoms with van der Waals surface area (Å²) in [6.45, 7) is 0. The maximum Gasteiger partial charge on any atom is 0.173 e. The maximum absolute atomic E-state index is 12.2. The molecule has 0 aromatic heterocycles. The summed E-state index contributed by atoms with van der Waals surface area (Å²) < 4.78 is 5.72. The van der Waals surface area contributed by atoms with Crippen LogP contribution in [0.1, 0.15) is 23.2 Å². The molecule has 1 aliphatic carbocycles. The standard InChI is InChI=1S/C17H16O2S/c18-17(12-20-16-7-2-1-3-8-16)13-5-4-6-15(11-13)19-14-9-10-14/h1-8,11,14H,9-10,12H2. The van der Waals surface area contributed by atoms with E-state index in [4.69, 9.17) is 4.74 Å². The zero-order valence-electron chi connectivity index (χ0n) is 11.1. The quantitative estimate of drug-likeness (QED) is 0.587. The summed E-state index contributed by atoms with van der Waals surface area (Å²) in [6.07, 6.45) is 2.61. The topological polar surface area (TPSA) is 26.3 Å². The highest BCUT2D eigenvalue weighted by Gasteiger charge is 2.23. The van der Waals surface area contributed by atoms with Crippen molar-refractivity contribution in [2.45, 2.75) is 23.8 Å². The smallest absolute Gasteiger partial charge is 0.173 e. The number of thioether (sulfide) groups is 1. The normalized spacial score (nSPS) is 14.0. The number of benzene rings is 2. The molecule has 102 valence electrons. The summed E-state index contributed by atoms with van der Waals surface area (Å²) in [5, 5.41) is 0. The van der Waals surface area contributed by atoms with Gasteiger partial charge in [0.25, 0.3) is 0 Å². The zero-order valence-corrected chi connectivity index (χ0v) is 11.9. The first-order chi connectivity index (χ1) is 9.81. The van der Waals surface area contributed by atoms with Crippen LogP contribution in [0.25, 0.3) is 0 Å². The number of carbonyl (C=O) groups excluding carboxylic acids is 1. The van der Waals surface area contributed by atoms with Crippen LogP contribution in [-0.4, -0.2) is 17.6 Å². The highest BCUT2D eigenvalue weighted by atomic mass is 32.2. The molecule has 0 aliphatic heterocycles. The van der Waals surface area contributed by atoms with Crippen LogP contribution in [0.4, 0.5) is 0 Å². The predicted octanol–water partition coefficient (Wildman–Crippen LogP) is 4.20. The lowest BCUT2D eigenvalue weighted by Gasteiger charge is -2.06. The summed E-state index contributed by atoms with van der Waals surface area (Å²) in [4.78, 5) is 13.3. The Morgan fingerprint density at radius 1 is 1.10 bits per heavy atom. The number of rotatable bonds is 6. The minimum atomic E-state index is 0.139. The second kappa shape index (κ2) is 6.14. The van der Waals surface area contributed by atoms with Crippen molar-refractivity contribution >= 4 is 17.5 Å². The summed E-state index contributed by atoms with van der Waals surface area (Å²) in [6, 6.07) is 17.5. The highest BCUT2D eigenvalue weighted by molar-refractivity contribution is 8.00. The lowest BCUT2D eigenvalue weighted by Crippen LogP contribution is -2.03. The summed E-state index contributed by atoms with van der Waals surface area (Å²) in [5.41, 5.74) is 0.728. The molecular formula is C17H16O2S. The van der Waals surface area contributed by atoms with Crippen molar-refractivity contribution in [3.8, 4) is 5.75 Å². The van der Waals surface area contributed by atoms with Crippen molar-refractivity contribution < 1.29 is 9.53 Å². The van der Waals surface area contributed by atoms with Crippen LogP contribution in [0.15, 0.2) is 59.5 Å². The minimum absolute atomic E-state index is 0.139. The molecule has 2 aromatic carbocycles. The molecule has 0 heterocycles. The maximum atomic E-state index is 12.2. The fourth-order valence-corrected chi connectivity index (χ4v) is 2.68. The molecule has 0 bridgehead atoms. The van der Waals surface area contributed by atoms with E-state index in [1.165, 1.54) is 0 Å². The fourth-order valence-electron chi connectivity index (χ4n) is 1.87. The Morgan fingerprint density at radius 3 is 2.65 bits per heavy atom. The second-order valence-corrected chi connectivity index (χ2v) is 5.92. The van der Waals surface area contributed by atoms with Gasteiger partial charge in [0.2, 0.25) is 0 Å². The average Bonchev–Trinajstić information content (AvgIpc) is 3.30. The van der Waals surface area contributed by atoms with E-state index in [9.17, 15) is 4.79 Å². The summed E-state index contributed by atoms with van der Waals surface area (Å²) in [5.74, 6) is 1.40. The van der Waals surface area contributed by atoms with Gasteiger partial charge in [-0.1, -0.05) is 30.3 Å². The van der Waals surface area contributed by atoms with Crippen molar-refractivity contribution in [2.24, 2.45) is 0 Å². The second-order valence-electron chi connectivity index (χ2n) is 4.87. The third kappa shape index (κ3) is 3.64. The Morgan fingerprint density at radius 2 is 1.90 bits per heavy atom. The SMILES string of the molecule is O=C(CSc1ccccc1)c1cccc(OC2CC2)c1. The molecule has 0 N–H and O–H groups in total. The molecule has 1 aliphatic rings. The van der Waals surface area contributed by atoms with Gasteiger partial charge >= 0.3 is 0 Å². The van der Waals surface area contributed by atoms with Crippen LogP contribution in [-0.2, 0) is 0 Å². The Kier molecular flexibility index (Phi) is 4.07. The van der Waals surface area contributed by atoms with E-state index in [0.29, 0.717) is 11.9 Å². The van der Waals surface area contributed by atoms with Crippen molar-refractivity contribution in [3.05, 3.63) is 60.2 Å². The lowest BCUT2D eigenvalue weighted by atomic mass is 10.1. The largest absolute Gasteiger partial charge is 0.490 e. The predicted molar refractivity (Wildman–Crippen MR) is 81.6 cm³/mol. The number of carbonyl (C=O) groups is 1. The monoisotopic (exact) mass is 284 g/mol. The number of ketones is 1. The number of Topliss-reactive ketones (excluding diaryl/α,β-unsaturated/α-hetero) is 1. The van der Waals surface area contributed by atoms with E-state index in [1.807, 2.05) is 54.6 Å². The molecule has 1 saturated carbocycles. The molecule has 3 rings (SSSR count). The van der Waals surface area contributed by atoms with Gasteiger partial charge in [0.1, 0.15) is 5.75 Å². The van der Waals surface area contributed by atoms with Crippen molar-refractivity contribution in [1.82, 2.24) is 0 Å². The molecule has 0 unspecified atom stereocenters. The van der Waals surface area contributed by atoms with Crippen LogP contribution >= 0.6 is 11.8 Å². The van der Waals surface area contributed by atoms with Crippen LogP contribution in [0.2, 0.25) is 0 Å². The zero-order chi connectivity index (χ0) is 13.8. The average molecular weight is 284 g/mol. The molecule has 2 nitrogen and oxygen atoms in total. The first kappa shape index (κ1) is 13.3. The van der Waals surface area contributed by atoms with Crippen molar-refractivity contribution in [3.63, 3.8) is 0 Å². The first-order valence-corrected chi connectivity index (χ1v) is 7.77. The van der Waals surface area contributed by atoms with Crippen LogP contribution in [0, 0.1) is 0 Å². The Labute approximate surface area is 123 Å². The van der Waals surface area contributed by atoms with Crippen LogP contribution < -0.4 is 4.74 Å². The van der Waals surface area contributed by atoms with Crippen LogP contribution in [0.5, 0.6) is 5.75 Å². The Bertz CT molecular complexity index is 591. The van der Waals surface area contributed by atoms with Gasteiger partial charge in [0.15, 0.2) is 5.78 Å². The van der Waals surface area contributed by atoms with Gasteiger partial charge in [0, 0.05) is 10.5 Å². The fraction of sp³-hybridized carbons (Fsp3) is 0.235. The van der Waals surface area contributed by atoms with E-state index in [0.717, 1.165) is 29.1 Å². The highest BCUT2D eigenvalue weighted by Crippen LogP contribution is 2.27. The van der Waals surface area contributed by atoms with E-state index in [2.05, 4.69) is 0 Å². The molecule has 0 radical (unpaired) electrons. The van der Waals surface area contributed by atoms with Gasteiger partial charge in [-0.15, -0.1) is 11.8 Å². The number of ether oxygens (including phenoxy) is 1. The van der Waals surface area contributed by atoms with E-state index < -0.39 is 0 Å². The third-order valence-corrected chi connectivity index (χ3v) is 4.11. The molecule has 1 fully saturated rings. The van der Waals surface area contributed by atoms with Crippen molar-refractivity contribution in [2.75, 3.05) is 5.75 Å². The van der Waals surface area contributed by atoms with Gasteiger partial charge < -0.3 is 4.74 Å². The molecule has 0 amide bonds. The first-order valence-electron chi connectivity index (χ1n) is 6.79. The van der Waals surface area contributed by atoms with E-state index in [1.54, 1.807) is 11.8 Å². The number of hydrogen-bond donors (Lipinski definition) is 0. The summed E-state index contributed by atoms with van der Waals surface area (Å²) in [7, 11) is 0. The van der Waals surface area contributed by atoms with Gasteiger partial charge in [-0.25, -0.2) is 0 Å². The molecule has 3 heteroatoms. The Hall–Kier alpha value is -1.74. The minimum Gasteiger partial charge on any atom is -0.490 e. The van der Waals surface area contributed by atoms with Gasteiger partial charge in [-0.2, -0.15) is 0 Å². The lowest BCUT2D eigenvalue weighted by molar-refractivity contribution is 0.102. The van der Waals surface area contributed by atoms with Gasteiger partial charge in [-0.3, -0.25) is 4.79 Å². The molecule has 0 saturated heterocycles.